The van der Waals surface area contributed by atoms with Gasteiger partial charge in [0.25, 0.3) is 0 Å². The van der Waals surface area contributed by atoms with E-state index < -0.39 is 62.0 Å². The lowest BCUT2D eigenvalue weighted by Crippen LogP contribution is -2.53. The number of hydrogen-bond donors (Lipinski definition) is 10. The summed E-state index contributed by atoms with van der Waals surface area (Å²) in [6, 6.07) is 11.7. The number of nitrogens with zero attached hydrogens (tertiary/aromatic N) is 1. The molecule has 0 heterocycles. The number of benzene rings is 2. The van der Waals surface area contributed by atoms with Crippen LogP contribution in [0.3, 0.4) is 0 Å². The third-order valence-electron chi connectivity index (χ3n) is 6.50. The minimum atomic E-state index is -1.85. The molecule has 2 rings (SSSR count). The number of hydrogen-bond acceptors (Lipinski definition) is 12. The molecule has 8 atom stereocenters. The third-order valence-corrected chi connectivity index (χ3v) is 6.50. The molecule has 12 heteroatoms. The van der Waals surface area contributed by atoms with Crippen LogP contribution in [0.2, 0.25) is 0 Å². The van der Waals surface area contributed by atoms with Crippen LogP contribution in [-0.4, -0.2) is 144 Å². The molecule has 0 spiro atoms. The summed E-state index contributed by atoms with van der Waals surface area (Å²) in [6.07, 6.45) is -13.2. The van der Waals surface area contributed by atoms with Gasteiger partial charge in [0.1, 0.15) is 49.0 Å². The van der Waals surface area contributed by atoms with Gasteiger partial charge in [0.15, 0.2) is 0 Å². The Morgan fingerprint density at radius 3 is 1.63 bits per heavy atom. The van der Waals surface area contributed by atoms with E-state index in [4.69, 9.17) is 14.9 Å². The van der Waals surface area contributed by atoms with Crippen molar-refractivity contribution in [2.75, 3.05) is 39.5 Å². The van der Waals surface area contributed by atoms with E-state index in [0.29, 0.717) is 5.75 Å². The van der Waals surface area contributed by atoms with Crippen molar-refractivity contribution in [3.05, 3.63) is 42.0 Å². The van der Waals surface area contributed by atoms with Crippen molar-refractivity contribution >= 4 is 10.8 Å². The average Bonchev–Trinajstić information content (AvgIpc) is 2.93. The molecule has 0 aliphatic carbocycles. The Hall–Kier alpha value is -1.94. The summed E-state index contributed by atoms with van der Waals surface area (Å²) < 4.78 is 5.82. The first-order chi connectivity index (χ1) is 18.0. The molecule has 0 bridgehead atoms. The minimum absolute atomic E-state index is 0.0494. The monoisotopic (exact) mass is 543 g/mol. The highest BCUT2D eigenvalue weighted by Crippen LogP contribution is 2.22. The van der Waals surface area contributed by atoms with Crippen LogP contribution in [0.15, 0.2) is 36.4 Å². The quantitative estimate of drug-likeness (QED) is 0.0964. The van der Waals surface area contributed by atoms with E-state index in [1.165, 1.54) is 10.5 Å². The lowest BCUT2D eigenvalue weighted by atomic mass is 10.0. The summed E-state index contributed by atoms with van der Waals surface area (Å²) in [5.74, 6) is 0.561. The Balaban J connectivity index is 2.09. The Morgan fingerprint density at radius 2 is 1.13 bits per heavy atom. The molecule has 2 aromatic rings. The van der Waals surface area contributed by atoms with Crippen LogP contribution in [0.5, 0.6) is 5.75 Å². The standard InChI is InChI=1S/C26H41NO11/c1-2-15-3-4-17-10-18(6-5-16(17)9-15)38-8-7-27(11-19(30)23(34)25(36)21(32)13-28)12-20(31)24(35)26(37)22(33)14-29/h3-6,9-10,19-26,28-37H,2,7-8,11-14H2,1H3/t19-,20-,21+,22+,23+,24+,25+,26+/m0/s1. The van der Waals surface area contributed by atoms with E-state index >= 15 is 0 Å². The van der Waals surface area contributed by atoms with Crippen molar-refractivity contribution in [3.8, 4) is 5.75 Å². The molecule has 0 fully saturated rings. The van der Waals surface area contributed by atoms with Gasteiger partial charge in [-0.05, 0) is 34.9 Å². The highest BCUT2D eigenvalue weighted by Gasteiger charge is 2.34. The Labute approximate surface area is 221 Å². The number of aliphatic hydroxyl groups excluding tert-OH is 10. The molecule has 216 valence electrons. The second-order valence-electron chi connectivity index (χ2n) is 9.40. The second-order valence-corrected chi connectivity index (χ2v) is 9.40. The summed E-state index contributed by atoms with van der Waals surface area (Å²) in [5.41, 5.74) is 1.21. The highest BCUT2D eigenvalue weighted by molar-refractivity contribution is 5.84. The largest absolute Gasteiger partial charge is 0.492 e. The topological polar surface area (TPSA) is 215 Å². The van der Waals surface area contributed by atoms with Gasteiger partial charge in [-0.3, -0.25) is 4.90 Å². The van der Waals surface area contributed by atoms with Crippen molar-refractivity contribution in [2.45, 2.75) is 62.2 Å². The second kappa shape index (κ2) is 15.6. The van der Waals surface area contributed by atoms with Crippen molar-refractivity contribution in [3.63, 3.8) is 0 Å². The summed E-state index contributed by atoms with van der Waals surface area (Å²) in [6.45, 7) is -0.236. The molecule has 38 heavy (non-hydrogen) atoms. The summed E-state index contributed by atoms with van der Waals surface area (Å²) in [7, 11) is 0. The van der Waals surface area contributed by atoms with Crippen LogP contribution in [0.4, 0.5) is 0 Å². The maximum absolute atomic E-state index is 10.4. The number of fused-ring (bicyclic) bond motifs is 1. The van der Waals surface area contributed by atoms with Crippen molar-refractivity contribution < 1.29 is 55.8 Å². The van der Waals surface area contributed by atoms with E-state index in [-0.39, 0.29) is 26.2 Å². The normalized spacial score (nSPS) is 18.5. The molecular weight excluding hydrogens is 502 g/mol. The van der Waals surface area contributed by atoms with Crippen LogP contribution in [-0.2, 0) is 6.42 Å². The molecule has 0 aromatic heterocycles. The van der Waals surface area contributed by atoms with Gasteiger partial charge in [0.05, 0.1) is 25.4 Å². The first kappa shape index (κ1) is 32.3. The molecule has 0 saturated heterocycles. The maximum Gasteiger partial charge on any atom is 0.120 e. The van der Waals surface area contributed by atoms with Gasteiger partial charge in [-0.2, -0.15) is 0 Å². The zero-order valence-electron chi connectivity index (χ0n) is 21.4. The van der Waals surface area contributed by atoms with Crippen LogP contribution in [0.25, 0.3) is 10.8 Å². The SMILES string of the molecule is CCc1ccc2cc(OCCN(C[C@H](O)[C@@H](O)[C@H](O)[C@H](O)CO)C[C@H](O)[C@@H](O)[C@H](O)[C@H](O)CO)ccc2c1. The van der Waals surface area contributed by atoms with Gasteiger partial charge in [0.2, 0.25) is 0 Å². The average molecular weight is 544 g/mol. The fourth-order valence-electron chi connectivity index (χ4n) is 4.00. The van der Waals surface area contributed by atoms with Gasteiger partial charge in [-0.1, -0.05) is 31.2 Å². The Morgan fingerprint density at radius 1 is 0.658 bits per heavy atom. The van der Waals surface area contributed by atoms with E-state index in [9.17, 15) is 40.9 Å². The number of aryl methyl sites for hydroxylation is 1. The molecule has 0 saturated carbocycles. The van der Waals surface area contributed by atoms with Crippen LogP contribution in [0, 0.1) is 0 Å². The van der Waals surface area contributed by atoms with Gasteiger partial charge >= 0.3 is 0 Å². The van der Waals surface area contributed by atoms with Gasteiger partial charge in [-0.15, -0.1) is 0 Å². The Bertz CT molecular complexity index is 934. The first-order valence-corrected chi connectivity index (χ1v) is 12.6. The predicted octanol–water partition coefficient (Wildman–Crippen LogP) is -3.05. The fraction of sp³-hybridized carbons (Fsp3) is 0.615. The summed E-state index contributed by atoms with van der Waals surface area (Å²) in [4.78, 5) is 1.38. The molecule has 0 aliphatic heterocycles. The van der Waals surface area contributed by atoms with Crippen molar-refractivity contribution in [1.29, 1.82) is 0 Å². The predicted molar refractivity (Wildman–Crippen MR) is 137 cm³/mol. The number of ether oxygens (including phenoxy) is 1. The molecule has 0 amide bonds. The van der Waals surface area contributed by atoms with E-state index in [1.54, 1.807) is 6.07 Å². The number of aliphatic hydroxyl groups is 10. The van der Waals surface area contributed by atoms with Gasteiger partial charge < -0.3 is 55.8 Å². The van der Waals surface area contributed by atoms with Gasteiger partial charge in [-0.25, -0.2) is 0 Å². The van der Waals surface area contributed by atoms with E-state index in [2.05, 4.69) is 13.0 Å². The van der Waals surface area contributed by atoms with Gasteiger partial charge in [0, 0.05) is 19.6 Å². The molecule has 12 nitrogen and oxygen atoms in total. The fourth-order valence-corrected chi connectivity index (χ4v) is 4.00. The zero-order valence-corrected chi connectivity index (χ0v) is 21.4. The Kier molecular flexibility index (Phi) is 13.2. The zero-order chi connectivity index (χ0) is 28.4. The maximum atomic E-state index is 10.4. The summed E-state index contributed by atoms with van der Waals surface area (Å²) in [5, 5.41) is 100. The molecule has 10 N–H and O–H groups in total. The molecule has 2 aromatic carbocycles. The third kappa shape index (κ3) is 9.07. The lowest BCUT2D eigenvalue weighted by Gasteiger charge is -2.33. The van der Waals surface area contributed by atoms with Crippen LogP contribution < -0.4 is 4.74 Å². The molecule has 0 unspecified atom stereocenters. The minimum Gasteiger partial charge on any atom is -0.492 e. The molecular formula is C26H41NO11. The number of rotatable bonds is 17. The summed E-state index contributed by atoms with van der Waals surface area (Å²) >= 11 is 0. The van der Waals surface area contributed by atoms with E-state index in [0.717, 1.165) is 17.2 Å². The van der Waals surface area contributed by atoms with Crippen LogP contribution >= 0.6 is 0 Å². The van der Waals surface area contributed by atoms with Crippen LogP contribution in [0.1, 0.15) is 12.5 Å². The van der Waals surface area contributed by atoms with E-state index in [1.807, 2.05) is 24.3 Å². The van der Waals surface area contributed by atoms with Crippen molar-refractivity contribution in [1.82, 2.24) is 4.90 Å². The molecule has 0 radical (unpaired) electrons. The van der Waals surface area contributed by atoms with Crippen molar-refractivity contribution in [2.24, 2.45) is 0 Å². The smallest absolute Gasteiger partial charge is 0.120 e. The first-order valence-electron chi connectivity index (χ1n) is 12.6. The molecule has 0 aliphatic rings. The highest BCUT2D eigenvalue weighted by atomic mass is 16.5. The lowest BCUT2D eigenvalue weighted by molar-refractivity contribution is -0.130.